The summed E-state index contributed by atoms with van der Waals surface area (Å²) in [6.45, 7) is 3.85. The number of carbonyl (C=O) groups excluding carboxylic acids is 1. The molecule has 1 N–H and O–H groups in total. The van der Waals surface area contributed by atoms with Crippen LogP contribution < -0.4 is 5.32 Å². The number of aromatic nitrogens is 6. The summed E-state index contributed by atoms with van der Waals surface area (Å²) in [4.78, 5) is 28.5. The average Bonchev–Trinajstić information content (AvgIpc) is 3.44. The van der Waals surface area contributed by atoms with Crippen LogP contribution >= 0.6 is 11.3 Å². The SMILES string of the molecule is Cc1nc2nc(C(F)(F)F)nn2c(C)c1CCC(=O)NCCCc1nc(-c2ccncc2)cs1. The Morgan fingerprint density at radius 2 is 1.88 bits per heavy atom. The molecule has 8 nitrogen and oxygen atoms in total. The summed E-state index contributed by atoms with van der Waals surface area (Å²) in [5.41, 5.74) is 3.65. The largest absolute Gasteiger partial charge is 0.453 e. The molecule has 0 saturated carbocycles. The third-order valence-corrected chi connectivity index (χ3v) is 6.23. The van der Waals surface area contributed by atoms with E-state index >= 15 is 0 Å². The molecule has 4 rings (SSSR count). The molecule has 4 aromatic rings. The third-order valence-electron chi connectivity index (χ3n) is 5.32. The lowest BCUT2D eigenvalue weighted by Gasteiger charge is -2.10. The first kappa shape index (κ1) is 23.7. The quantitative estimate of drug-likeness (QED) is 0.376. The van der Waals surface area contributed by atoms with E-state index in [4.69, 9.17) is 0 Å². The van der Waals surface area contributed by atoms with Crippen molar-refractivity contribution in [2.45, 2.75) is 45.7 Å². The van der Waals surface area contributed by atoms with E-state index in [1.54, 1.807) is 37.6 Å². The zero-order chi connectivity index (χ0) is 24.3. The molecule has 12 heteroatoms. The molecule has 4 heterocycles. The van der Waals surface area contributed by atoms with Gasteiger partial charge in [-0.2, -0.15) is 18.2 Å². The van der Waals surface area contributed by atoms with Gasteiger partial charge in [0.1, 0.15) is 0 Å². The lowest BCUT2D eigenvalue weighted by Crippen LogP contribution is -2.25. The number of rotatable bonds is 8. The molecule has 178 valence electrons. The number of pyridine rings is 1. The molecule has 0 fully saturated rings. The van der Waals surface area contributed by atoms with E-state index < -0.39 is 12.0 Å². The van der Waals surface area contributed by atoms with E-state index in [0.717, 1.165) is 33.6 Å². The first-order valence-corrected chi connectivity index (χ1v) is 11.5. The Morgan fingerprint density at radius 3 is 2.62 bits per heavy atom. The van der Waals surface area contributed by atoms with E-state index in [2.05, 4.69) is 30.4 Å². The highest BCUT2D eigenvalue weighted by Gasteiger charge is 2.37. The molecule has 0 saturated heterocycles. The van der Waals surface area contributed by atoms with E-state index in [-0.39, 0.29) is 18.1 Å². The van der Waals surface area contributed by atoms with Gasteiger partial charge in [0.25, 0.3) is 11.6 Å². The van der Waals surface area contributed by atoms with Crippen molar-refractivity contribution in [3.05, 3.63) is 57.7 Å². The minimum absolute atomic E-state index is 0.107. The van der Waals surface area contributed by atoms with Crippen molar-refractivity contribution in [1.82, 2.24) is 34.9 Å². The predicted molar refractivity (Wildman–Crippen MR) is 120 cm³/mol. The molecule has 0 aromatic carbocycles. The first-order valence-electron chi connectivity index (χ1n) is 10.6. The summed E-state index contributed by atoms with van der Waals surface area (Å²) in [5, 5.41) is 9.42. The molecular formula is C22H22F3N7OS. The number of nitrogens with one attached hydrogen (secondary N) is 1. The van der Waals surface area contributed by atoms with E-state index in [1.165, 1.54) is 0 Å². The summed E-state index contributed by atoms with van der Waals surface area (Å²) >= 11 is 1.58. The van der Waals surface area contributed by atoms with Crippen LogP contribution in [0.5, 0.6) is 0 Å². The van der Waals surface area contributed by atoms with Crippen molar-refractivity contribution >= 4 is 23.0 Å². The Hall–Kier alpha value is -3.41. The monoisotopic (exact) mass is 489 g/mol. The van der Waals surface area contributed by atoms with Gasteiger partial charge in [0.05, 0.1) is 10.7 Å². The number of alkyl halides is 3. The van der Waals surface area contributed by atoms with Crippen LogP contribution in [0.15, 0.2) is 29.9 Å². The van der Waals surface area contributed by atoms with Gasteiger partial charge in [-0.15, -0.1) is 16.4 Å². The summed E-state index contributed by atoms with van der Waals surface area (Å²) in [6.07, 6.45) is 0.851. The highest BCUT2D eigenvalue weighted by Crippen LogP contribution is 2.27. The van der Waals surface area contributed by atoms with Crippen molar-refractivity contribution in [1.29, 1.82) is 0 Å². The number of hydrogen-bond acceptors (Lipinski definition) is 7. The van der Waals surface area contributed by atoms with Crippen molar-refractivity contribution in [2.75, 3.05) is 6.54 Å². The number of nitrogens with zero attached hydrogens (tertiary/aromatic N) is 6. The average molecular weight is 490 g/mol. The van der Waals surface area contributed by atoms with Crippen LogP contribution in [0.25, 0.3) is 17.0 Å². The second-order valence-corrected chi connectivity index (χ2v) is 8.66. The molecule has 1 amide bonds. The van der Waals surface area contributed by atoms with Crippen molar-refractivity contribution in [3.63, 3.8) is 0 Å². The number of hydrogen-bond donors (Lipinski definition) is 1. The van der Waals surface area contributed by atoms with Crippen LogP contribution in [0.4, 0.5) is 13.2 Å². The Balaban J connectivity index is 1.28. The summed E-state index contributed by atoms with van der Waals surface area (Å²) in [7, 11) is 0. The highest BCUT2D eigenvalue weighted by atomic mass is 32.1. The van der Waals surface area contributed by atoms with Gasteiger partial charge in [0.2, 0.25) is 5.91 Å². The number of fused-ring (bicyclic) bond motifs is 1. The van der Waals surface area contributed by atoms with Crippen LogP contribution in [-0.2, 0) is 23.8 Å². The predicted octanol–water partition coefficient (Wildman–Crippen LogP) is 3.96. The van der Waals surface area contributed by atoms with E-state index in [9.17, 15) is 18.0 Å². The minimum Gasteiger partial charge on any atom is -0.356 e. The molecule has 0 aliphatic heterocycles. The summed E-state index contributed by atoms with van der Waals surface area (Å²) in [5.74, 6) is -1.47. The van der Waals surface area contributed by atoms with Crippen LogP contribution in [0.3, 0.4) is 0 Å². The summed E-state index contributed by atoms with van der Waals surface area (Å²) in [6, 6.07) is 3.82. The maximum Gasteiger partial charge on any atom is 0.453 e. The van der Waals surface area contributed by atoms with Gasteiger partial charge < -0.3 is 5.32 Å². The number of aryl methyl sites for hydroxylation is 3. The molecule has 0 aliphatic carbocycles. The van der Waals surface area contributed by atoms with Gasteiger partial charge in [-0.05, 0) is 44.4 Å². The molecule has 0 spiro atoms. The van der Waals surface area contributed by atoms with Gasteiger partial charge in [-0.3, -0.25) is 9.78 Å². The fourth-order valence-electron chi connectivity index (χ4n) is 3.57. The molecular weight excluding hydrogens is 467 g/mol. The minimum atomic E-state index is -4.65. The fourth-order valence-corrected chi connectivity index (χ4v) is 4.42. The number of amides is 1. The standard InChI is InChI=1S/C22H22F3N7OS/c1-13-16(14(2)32-21(28-13)30-20(31-32)22(23,24)25)5-6-18(33)27-9-3-4-19-29-17(12-34-19)15-7-10-26-11-8-15/h7-8,10-12H,3-6,9H2,1-2H3,(H,27,33). The Labute approximate surface area is 197 Å². The fraction of sp³-hybridized carbons (Fsp3) is 0.364. The molecule has 4 aromatic heterocycles. The number of thiazole rings is 1. The summed E-state index contributed by atoms with van der Waals surface area (Å²) < 4.78 is 39.9. The zero-order valence-electron chi connectivity index (χ0n) is 18.6. The first-order chi connectivity index (χ1) is 16.2. The van der Waals surface area contributed by atoms with E-state index in [1.807, 2.05) is 17.5 Å². The van der Waals surface area contributed by atoms with Gasteiger partial charge in [0, 0.05) is 54.1 Å². The highest BCUT2D eigenvalue weighted by molar-refractivity contribution is 7.09. The molecule has 0 aliphatic rings. The molecule has 0 radical (unpaired) electrons. The Morgan fingerprint density at radius 1 is 1.12 bits per heavy atom. The number of carbonyl (C=O) groups is 1. The molecule has 0 bridgehead atoms. The molecule has 34 heavy (non-hydrogen) atoms. The molecule has 0 unspecified atom stereocenters. The second kappa shape index (κ2) is 9.84. The lowest BCUT2D eigenvalue weighted by molar-refractivity contribution is -0.144. The topological polar surface area (TPSA) is 98.0 Å². The van der Waals surface area contributed by atoms with Gasteiger partial charge in [0.15, 0.2) is 0 Å². The van der Waals surface area contributed by atoms with E-state index in [0.29, 0.717) is 29.9 Å². The second-order valence-electron chi connectivity index (χ2n) is 7.72. The third kappa shape index (κ3) is 5.38. The van der Waals surface area contributed by atoms with Crippen LogP contribution in [-0.4, -0.2) is 42.0 Å². The van der Waals surface area contributed by atoms with Crippen LogP contribution in [0.2, 0.25) is 0 Å². The van der Waals surface area contributed by atoms with Gasteiger partial charge in [-0.1, -0.05) is 0 Å². The maximum absolute atomic E-state index is 12.9. The zero-order valence-corrected chi connectivity index (χ0v) is 19.4. The van der Waals surface area contributed by atoms with Gasteiger partial charge >= 0.3 is 6.18 Å². The van der Waals surface area contributed by atoms with Crippen molar-refractivity contribution in [3.8, 4) is 11.3 Å². The number of halogens is 3. The Kier molecular flexibility index (Phi) is 6.87. The van der Waals surface area contributed by atoms with Crippen molar-refractivity contribution in [2.24, 2.45) is 0 Å². The lowest BCUT2D eigenvalue weighted by atomic mass is 10.1. The Bertz CT molecular complexity index is 1300. The van der Waals surface area contributed by atoms with Crippen molar-refractivity contribution < 1.29 is 18.0 Å². The maximum atomic E-state index is 12.9. The van der Waals surface area contributed by atoms with Crippen LogP contribution in [0.1, 0.15) is 40.6 Å². The normalized spacial score (nSPS) is 11.8. The smallest absolute Gasteiger partial charge is 0.356 e. The van der Waals surface area contributed by atoms with Gasteiger partial charge in [-0.25, -0.2) is 14.5 Å². The molecule has 0 atom stereocenters. The van der Waals surface area contributed by atoms with Crippen LogP contribution in [0, 0.1) is 13.8 Å².